The molecule has 3 nitrogen and oxygen atoms in total. The number of nitrogens with two attached hydrogens (primary N) is 1. The number of benzene rings is 1. The molecule has 1 amide bonds. The number of hydrogen-bond donors (Lipinski definition) is 1. The molecule has 5 heteroatoms. The van der Waals surface area contributed by atoms with E-state index < -0.39 is 0 Å². The molecule has 1 aliphatic carbocycles. The van der Waals surface area contributed by atoms with Crippen LogP contribution in [0.2, 0.25) is 0 Å². The Morgan fingerprint density at radius 1 is 1.50 bits per heavy atom. The topological polar surface area (TPSA) is 46.3 Å². The molecule has 0 heterocycles. The number of hydrogen-bond acceptors (Lipinski definition) is 2. The molecule has 20 heavy (non-hydrogen) atoms. The lowest BCUT2D eigenvalue weighted by atomic mass is 9.85. The van der Waals surface area contributed by atoms with Crippen LogP contribution in [0.4, 0.5) is 4.39 Å². The fraction of sp³-hybridized carbons (Fsp3) is 0.533. The number of rotatable bonds is 3. The third-order valence-electron chi connectivity index (χ3n) is 3.86. The first kappa shape index (κ1) is 15.4. The van der Waals surface area contributed by atoms with E-state index in [9.17, 15) is 9.18 Å². The van der Waals surface area contributed by atoms with E-state index in [1.54, 1.807) is 24.1 Å². The third-order valence-corrected chi connectivity index (χ3v) is 4.35. The Morgan fingerprint density at radius 2 is 2.25 bits per heavy atom. The normalized spacial score (nSPS) is 22.6. The first-order valence-electron chi connectivity index (χ1n) is 6.92. The summed E-state index contributed by atoms with van der Waals surface area (Å²) in [5.41, 5.74) is 6.45. The lowest BCUT2D eigenvalue weighted by Gasteiger charge is -2.29. The summed E-state index contributed by atoms with van der Waals surface area (Å²) >= 11 is 3.32. The first-order chi connectivity index (χ1) is 9.47. The minimum atomic E-state index is -0.284. The number of carbonyl (C=O) groups excluding carboxylic acids is 1. The van der Waals surface area contributed by atoms with E-state index in [0.29, 0.717) is 5.56 Å². The van der Waals surface area contributed by atoms with E-state index >= 15 is 0 Å². The summed E-state index contributed by atoms with van der Waals surface area (Å²) in [6.45, 7) is 0.288. The van der Waals surface area contributed by atoms with Gasteiger partial charge in [0.05, 0.1) is 0 Å². The van der Waals surface area contributed by atoms with Gasteiger partial charge in [0, 0.05) is 35.6 Å². The second-order valence-electron chi connectivity index (χ2n) is 5.55. The van der Waals surface area contributed by atoms with E-state index in [1.165, 1.54) is 6.07 Å². The van der Waals surface area contributed by atoms with Crippen LogP contribution < -0.4 is 5.73 Å². The highest BCUT2D eigenvalue weighted by Crippen LogP contribution is 2.25. The molecule has 110 valence electrons. The van der Waals surface area contributed by atoms with Gasteiger partial charge in [0.25, 0.3) is 0 Å². The zero-order valence-electron chi connectivity index (χ0n) is 11.6. The summed E-state index contributed by atoms with van der Waals surface area (Å²) in [6.07, 6.45) is 3.62. The molecule has 1 fully saturated rings. The molecule has 0 radical (unpaired) electrons. The second kappa shape index (κ2) is 6.68. The van der Waals surface area contributed by atoms with Gasteiger partial charge in [0.2, 0.25) is 5.91 Å². The summed E-state index contributed by atoms with van der Waals surface area (Å²) in [5, 5.41) is 0. The summed E-state index contributed by atoms with van der Waals surface area (Å²) in [7, 11) is 1.73. The molecule has 0 saturated heterocycles. The Kier molecular flexibility index (Phi) is 5.16. The van der Waals surface area contributed by atoms with Crippen LogP contribution in [0.25, 0.3) is 0 Å². The molecule has 1 aromatic carbocycles. The van der Waals surface area contributed by atoms with Gasteiger partial charge in [-0.15, -0.1) is 0 Å². The van der Waals surface area contributed by atoms with Crippen molar-refractivity contribution >= 4 is 21.8 Å². The van der Waals surface area contributed by atoms with Crippen molar-refractivity contribution in [1.29, 1.82) is 0 Å². The van der Waals surface area contributed by atoms with Gasteiger partial charge in [-0.25, -0.2) is 4.39 Å². The molecule has 1 aromatic rings. The molecule has 2 rings (SSSR count). The predicted octanol–water partition coefficient (Wildman–Crippen LogP) is 3.06. The van der Waals surface area contributed by atoms with Gasteiger partial charge in [-0.2, -0.15) is 0 Å². The molecule has 1 aliphatic rings. The molecule has 1 saturated carbocycles. The second-order valence-corrected chi connectivity index (χ2v) is 6.47. The Bertz CT molecular complexity index is 495. The zero-order valence-corrected chi connectivity index (χ0v) is 13.2. The summed E-state index contributed by atoms with van der Waals surface area (Å²) < 4.78 is 14.5. The lowest BCUT2D eigenvalue weighted by molar-refractivity contribution is -0.135. The lowest BCUT2D eigenvalue weighted by Crippen LogP contribution is -2.38. The van der Waals surface area contributed by atoms with E-state index in [0.717, 1.165) is 30.2 Å². The minimum absolute atomic E-state index is 0.0148. The van der Waals surface area contributed by atoms with E-state index in [-0.39, 0.29) is 30.2 Å². The predicted molar refractivity (Wildman–Crippen MR) is 80.5 cm³/mol. The largest absolute Gasteiger partial charge is 0.341 e. The fourth-order valence-corrected chi connectivity index (χ4v) is 3.17. The van der Waals surface area contributed by atoms with Crippen molar-refractivity contribution in [2.45, 2.75) is 38.3 Å². The number of amides is 1. The van der Waals surface area contributed by atoms with Crippen molar-refractivity contribution < 1.29 is 9.18 Å². The average molecular weight is 343 g/mol. The summed E-state index contributed by atoms with van der Waals surface area (Å²) in [6, 6.07) is 4.90. The van der Waals surface area contributed by atoms with Crippen molar-refractivity contribution in [3.05, 3.63) is 34.1 Å². The highest BCUT2D eigenvalue weighted by Gasteiger charge is 2.27. The van der Waals surface area contributed by atoms with E-state index in [4.69, 9.17) is 5.73 Å². The van der Waals surface area contributed by atoms with Crippen LogP contribution in [0.1, 0.15) is 31.2 Å². The average Bonchev–Trinajstić information content (AvgIpc) is 2.42. The third kappa shape index (κ3) is 3.79. The van der Waals surface area contributed by atoms with Crippen LogP contribution >= 0.6 is 15.9 Å². The van der Waals surface area contributed by atoms with Crippen LogP contribution in [0.5, 0.6) is 0 Å². The van der Waals surface area contributed by atoms with Gasteiger partial charge in [-0.1, -0.05) is 22.4 Å². The molecule has 2 N–H and O–H groups in total. The van der Waals surface area contributed by atoms with Crippen molar-refractivity contribution in [1.82, 2.24) is 4.90 Å². The van der Waals surface area contributed by atoms with Gasteiger partial charge in [0.15, 0.2) is 0 Å². The van der Waals surface area contributed by atoms with Crippen LogP contribution in [0, 0.1) is 11.7 Å². The fourth-order valence-electron chi connectivity index (χ4n) is 2.76. The molecular formula is C15H20BrFN2O. The standard InChI is InChI=1S/C15H20BrFN2O/c1-19(9-11-7-12(16)5-6-14(11)17)15(20)10-3-2-4-13(18)8-10/h5-7,10,13H,2-4,8-9,18H2,1H3/t10-,13-/m1/s1. The van der Waals surface area contributed by atoms with Crippen molar-refractivity contribution in [2.24, 2.45) is 11.7 Å². The molecule has 0 aliphatic heterocycles. The highest BCUT2D eigenvalue weighted by atomic mass is 79.9. The maximum absolute atomic E-state index is 13.7. The van der Waals surface area contributed by atoms with Gasteiger partial charge in [-0.05, 0) is 37.5 Å². The maximum atomic E-state index is 13.7. The van der Waals surface area contributed by atoms with Crippen LogP contribution in [0.15, 0.2) is 22.7 Å². The van der Waals surface area contributed by atoms with Crippen LogP contribution in [-0.4, -0.2) is 23.9 Å². The first-order valence-corrected chi connectivity index (χ1v) is 7.71. The van der Waals surface area contributed by atoms with Crippen molar-refractivity contribution in [2.75, 3.05) is 7.05 Å². The number of carbonyl (C=O) groups is 1. The minimum Gasteiger partial charge on any atom is -0.341 e. The number of halogens is 2. The monoisotopic (exact) mass is 342 g/mol. The van der Waals surface area contributed by atoms with Crippen molar-refractivity contribution in [3.63, 3.8) is 0 Å². The summed E-state index contributed by atoms with van der Waals surface area (Å²) in [4.78, 5) is 14.0. The van der Waals surface area contributed by atoms with Gasteiger partial charge < -0.3 is 10.6 Å². The molecule has 0 aromatic heterocycles. The SMILES string of the molecule is CN(Cc1cc(Br)ccc1F)C(=O)[C@@H]1CCC[C@@H](N)C1. The van der Waals surface area contributed by atoms with Crippen LogP contribution in [0.3, 0.4) is 0 Å². The quantitative estimate of drug-likeness (QED) is 0.917. The Labute approximate surface area is 127 Å². The Hall–Kier alpha value is -0.940. The number of nitrogens with zero attached hydrogens (tertiary/aromatic N) is 1. The molecular weight excluding hydrogens is 323 g/mol. The van der Waals surface area contributed by atoms with E-state index in [1.807, 2.05) is 0 Å². The van der Waals surface area contributed by atoms with Gasteiger partial charge in [-0.3, -0.25) is 4.79 Å². The zero-order chi connectivity index (χ0) is 14.7. The molecule has 2 atom stereocenters. The summed E-state index contributed by atoms with van der Waals surface area (Å²) in [5.74, 6) is -0.230. The van der Waals surface area contributed by atoms with Gasteiger partial charge >= 0.3 is 0 Å². The van der Waals surface area contributed by atoms with Gasteiger partial charge in [0.1, 0.15) is 5.82 Å². The van der Waals surface area contributed by atoms with Crippen molar-refractivity contribution in [3.8, 4) is 0 Å². The Morgan fingerprint density at radius 3 is 2.95 bits per heavy atom. The van der Waals surface area contributed by atoms with Crippen LogP contribution in [-0.2, 0) is 11.3 Å². The van der Waals surface area contributed by atoms with E-state index in [2.05, 4.69) is 15.9 Å². The molecule has 0 spiro atoms. The molecule has 0 bridgehead atoms. The highest BCUT2D eigenvalue weighted by molar-refractivity contribution is 9.10. The maximum Gasteiger partial charge on any atom is 0.225 e. The molecule has 0 unspecified atom stereocenters. The smallest absolute Gasteiger partial charge is 0.225 e. The Balaban J connectivity index is 2.01.